The summed E-state index contributed by atoms with van der Waals surface area (Å²) < 4.78 is 26.3. The van der Waals surface area contributed by atoms with Gasteiger partial charge in [0.2, 0.25) is 15.9 Å². The Bertz CT molecular complexity index is 555. The fourth-order valence-electron chi connectivity index (χ4n) is 1.80. The van der Waals surface area contributed by atoms with E-state index < -0.39 is 10.0 Å². The second-order valence-corrected chi connectivity index (χ2v) is 6.70. The molecule has 3 N–H and O–H groups in total. The van der Waals surface area contributed by atoms with E-state index in [2.05, 4.69) is 5.32 Å². The molecule has 0 aliphatic heterocycles. The fraction of sp³-hybridized carbons (Fsp3) is 0.500. The van der Waals surface area contributed by atoms with Crippen LogP contribution in [-0.2, 0) is 14.8 Å². The molecule has 0 radical (unpaired) electrons. The Kier molecular flexibility index (Phi) is 6.64. The lowest BCUT2D eigenvalue weighted by molar-refractivity contribution is -0.121. The topological polar surface area (TPSA) is 92.5 Å². The van der Waals surface area contributed by atoms with Crippen molar-refractivity contribution < 1.29 is 13.2 Å². The second-order valence-electron chi connectivity index (χ2n) is 4.76. The summed E-state index contributed by atoms with van der Waals surface area (Å²) in [5.41, 5.74) is 6.06. The first-order chi connectivity index (χ1) is 9.91. The minimum Gasteiger partial charge on any atom is -0.399 e. The van der Waals surface area contributed by atoms with Gasteiger partial charge in [-0.3, -0.25) is 4.79 Å². The molecule has 0 spiro atoms. The van der Waals surface area contributed by atoms with E-state index in [9.17, 15) is 13.2 Å². The Morgan fingerprint density at radius 2 is 1.81 bits per heavy atom. The second kappa shape index (κ2) is 7.99. The van der Waals surface area contributed by atoms with E-state index >= 15 is 0 Å². The molecule has 1 aromatic rings. The average Bonchev–Trinajstić information content (AvgIpc) is 2.45. The molecule has 0 aromatic heterocycles. The molecule has 118 valence electrons. The minimum absolute atomic E-state index is 0.147. The van der Waals surface area contributed by atoms with Gasteiger partial charge in [0.15, 0.2) is 0 Å². The van der Waals surface area contributed by atoms with E-state index in [-0.39, 0.29) is 17.3 Å². The van der Waals surface area contributed by atoms with Crippen molar-refractivity contribution in [1.82, 2.24) is 9.62 Å². The zero-order chi connectivity index (χ0) is 15.9. The quantitative estimate of drug-likeness (QED) is 0.705. The third kappa shape index (κ3) is 5.02. The van der Waals surface area contributed by atoms with E-state index in [4.69, 9.17) is 5.73 Å². The maximum absolute atomic E-state index is 12.5. The number of hydrogen-bond acceptors (Lipinski definition) is 4. The number of amides is 1. The molecular weight excluding hydrogens is 290 g/mol. The summed E-state index contributed by atoms with van der Waals surface area (Å²) in [5, 5.41) is 2.69. The zero-order valence-corrected chi connectivity index (χ0v) is 13.3. The molecule has 6 nitrogen and oxygen atoms in total. The number of sulfonamides is 1. The smallest absolute Gasteiger partial charge is 0.243 e. The number of nitrogens with zero attached hydrogens (tertiary/aromatic N) is 1. The van der Waals surface area contributed by atoms with Crippen molar-refractivity contribution in [3.05, 3.63) is 24.3 Å². The predicted molar refractivity (Wildman–Crippen MR) is 83.2 cm³/mol. The molecule has 7 heteroatoms. The molecular formula is C14H23N3O3S. The molecule has 0 saturated heterocycles. The van der Waals surface area contributed by atoms with E-state index in [1.54, 1.807) is 0 Å². The van der Waals surface area contributed by atoms with Crippen LogP contribution in [0.2, 0.25) is 0 Å². The lowest BCUT2D eigenvalue weighted by atomic mass is 10.3. The molecule has 1 rings (SSSR count). The van der Waals surface area contributed by atoms with Gasteiger partial charge < -0.3 is 11.1 Å². The Hall–Kier alpha value is -1.60. The molecule has 0 atom stereocenters. The first-order valence-corrected chi connectivity index (χ1v) is 8.48. The predicted octanol–water partition coefficient (Wildman–Crippen LogP) is 1.20. The fourth-order valence-corrected chi connectivity index (χ4v) is 3.29. The summed E-state index contributed by atoms with van der Waals surface area (Å²) in [6, 6.07) is 5.98. The van der Waals surface area contributed by atoms with Gasteiger partial charge in [-0.1, -0.05) is 13.8 Å². The van der Waals surface area contributed by atoms with Crippen LogP contribution < -0.4 is 11.1 Å². The van der Waals surface area contributed by atoms with E-state index in [1.807, 2.05) is 13.8 Å². The number of carbonyl (C=O) groups is 1. The van der Waals surface area contributed by atoms with Gasteiger partial charge in [0.05, 0.1) is 11.4 Å². The van der Waals surface area contributed by atoms with Gasteiger partial charge >= 0.3 is 0 Å². The molecule has 1 amide bonds. The lowest BCUT2D eigenvalue weighted by Gasteiger charge is -2.21. The molecule has 0 aliphatic carbocycles. The van der Waals surface area contributed by atoms with Crippen molar-refractivity contribution in [3.8, 4) is 0 Å². The normalized spacial score (nSPS) is 11.6. The van der Waals surface area contributed by atoms with Crippen molar-refractivity contribution in [2.45, 2.75) is 31.6 Å². The number of hydrogen-bond donors (Lipinski definition) is 2. The third-order valence-corrected chi connectivity index (χ3v) is 4.74. The summed E-state index contributed by atoms with van der Waals surface area (Å²) in [4.78, 5) is 11.9. The van der Waals surface area contributed by atoms with Crippen molar-refractivity contribution in [2.75, 3.05) is 25.4 Å². The Morgan fingerprint density at radius 3 is 2.33 bits per heavy atom. The lowest BCUT2D eigenvalue weighted by Crippen LogP contribution is -2.41. The Morgan fingerprint density at radius 1 is 1.19 bits per heavy atom. The summed E-state index contributed by atoms with van der Waals surface area (Å²) in [7, 11) is -3.68. The molecule has 0 fully saturated rings. The van der Waals surface area contributed by atoms with Gasteiger partial charge in [-0.15, -0.1) is 0 Å². The van der Waals surface area contributed by atoms with Gasteiger partial charge in [0.1, 0.15) is 0 Å². The third-order valence-electron chi connectivity index (χ3n) is 2.88. The number of nitrogens with one attached hydrogen (secondary N) is 1. The van der Waals surface area contributed by atoms with Crippen molar-refractivity contribution in [3.63, 3.8) is 0 Å². The first-order valence-electron chi connectivity index (χ1n) is 7.04. The number of nitrogens with two attached hydrogens (primary N) is 1. The van der Waals surface area contributed by atoms with Crippen LogP contribution in [0.4, 0.5) is 5.69 Å². The van der Waals surface area contributed by atoms with Crippen molar-refractivity contribution >= 4 is 21.6 Å². The SMILES string of the molecule is CCCNC(=O)CN(CCC)S(=O)(=O)c1ccc(N)cc1. The molecule has 0 heterocycles. The highest BCUT2D eigenvalue weighted by atomic mass is 32.2. The Labute approximate surface area is 126 Å². The number of benzene rings is 1. The Balaban J connectivity index is 2.92. The van der Waals surface area contributed by atoms with Crippen molar-refractivity contribution in [1.29, 1.82) is 0 Å². The van der Waals surface area contributed by atoms with Crippen LogP contribution in [0, 0.1) is 0 Å². The molecule has 21 heavy (non-hydrogen) atoms. The molecule has 0 unspecified atom stereocenters. The van der Waals surface area contributed by atoms with E-state index in [1.165, 1.54) is 28.6 Å². The van der Waals surface area contributed by atoms with Crippen LogP contribution in [0.3, 0.4) is 0 Å². The van der Waals surface area contributed by atoms with Gasteiger partial charge in [-0.25, -0.2) is 8.42 Å². The van der Waals surface area contributed by atoms with Crippen LogP contribution in [0.5, 0.6) is 0 Å². The van der Waals surface area contributed by atoms with Gasteiger partial charge in [0.25, 0.3) is 0 Å². The highest BCUT2D eigenvalue weighted by Gasteiger charge is 2.25. The number of rotatable bonds is 8. The standard InChI is InChI=1S/C14H23N3O3S/c1-3-9-16-14(18)11-17(10-4-2)21(19,20)13-7-5-12(15)6-8-13/h5-8H,3-4,9-11,15H2,1-2H3,(H,16,18). The molecule has 0 saturated carbocycles. The number of anilines is 1. The van der Waals surface area contributed by atoms with Gasteiger partial charge in [-0.05, 0) is 37.1 Å². The van der Waals surface area contributed by atoms with Gasteiger partial charge in [-0.2, -0.15) is 4.31 Å². The summed E-state index contributed by atoms with van der Waals surface area (Å²) in [6.07, 6.45) is 1.44. The van der Waals surface area contributed by atoms with E-state index in [0.29, 0.717) is 25.2 Å². The molecule has 0 bridgehead atoms. The zero-order valence-electron chi connectivity index (χ0n) is 12.5. The number of nitrogen functional groups attached to an aromatic ring is 1. The van der Waals surface area contributed by atoms with Crippen molar-refractivity contribution in [2.24, 2.45) is 0 Å². The minimum atomic E-state index is -3.68. The van der Waals surface area contributed by atoms with Crippen LogP contribution in [0.15, 0.2) is 29.2 Å². The average molecular weight is 313 g/mol. The highest BCUT2D eigenvalue weighted by Crippen LogP contribution is 2.17. The van der Waals surface area contributed by atoms with Crippen LogP contribution in [-0.4, -0.2) is 38.3 Å². The maximum atomic E-state index is 12.5. The van der Waals surface area contributed by atoms with Crippen LogP contribution in [0.25, 0.3) is 0 Å². The first kappa shape index (κ1) is 17.5. The highest BCUT2D eigenvalue weighted by molar-refractivity contribution is 7.89. The monoisotopic (exact) mass is 313 g/mol. The molecule has 1 aromatic carbocycles. The largest absolute Gasteiger partial charge is 0.399 e. The summed E-state index contributed by atoms with van der Waals surface area (Å²) in [6.45, 7) is 4.48. The van der Waals surface area contributed by atoms with Gasteiger partial charge in [0, 0.05) is 18.8 Å². The molecule has 0 aliphatic rings. The maximum Gasteiger partial charge on any atom is 0.243 e. The summed E-state index contributed by atoms with van der Waals surface area (Å²) in [5.74, 6) is -0.288. The summed E-state index contributed by atoms with van der Waals surface area (Å²) >= 11 is 0. The van der Waals surface area contributed by atoms with Crippen LogP contribution >= 0.6 is 0 Å². The number of carbonyl (C=O) groups excluding carboxylic acids is 1. The van der Waals surface area contributed by atoms with E-state index in [0.717, 1.165) is 6.42 Å². The van der Waals surface area contributed by atoms with Crippen LogP contribution in [0.1, 0.15) is 26.7 Å².